The highest BCUT2D eigenvalue weighted by Crippen LogP contribution is 2.61. The third-order valence-electron chi connectivity index (χ3n) is 2.77. The lowest BCUT2D eigenvalue weighted by atomic mass is 9.87. The molecule has 0 bridgehead atoms. The second-order valence-electron chi connectivity index (χ2n) is 3.70. The van der Waals surface area contributed by atoms with Crippen molar-refractivity contribution in [1.82, 2.24) is 0 Å². The fourth-order valence-corrected chi connectivity index (χ4v) is 1.66. The van der Waals surface area contributed by atoms with E-state index in [0.717, 1.165) is 6.92 Å². The first-order valence-corrected chi connectivity index (χ1v) is 3.78. The summed E-state index contributed by atoms with van der Waals surface area (Å²) in [6.07, 6.45) is 1.41. The van der Waals surface area contributed by atoms with Gasteiger partial charge in [-0.1, -0.05) is 13.8 Å². The molecule has 0 aromatic carbocycles. The normalized spacial score (nSPS) is 23.4. The number of rotatable bonds is 2. The summed E-state index contributed by atoms with van der Waals surface area (Å²) in [7, 11) is 0. The Kier molecular flexibility index (Phi) is 1.53. The van der Waals surface area contributed by atoms with Gasteiger partial charge in [-0.3, -0.25) is 0 Å². The molecule has 10 heavy (non-hydrogen) atoms. The molecular formula is C8H14F2. The molecule has 0 spiro atoms. The summed E-state index contributed by atoms with van der Waals surface area (Å²) < 4.78 is 25.6. The van der Waals surface area contributed by atoms with Crippen molar-refractivity contribution in [1.29, 1.82) is 0 Å². The van der Waals surface area contributed by atoms with Gasteiger partial charge in [0, 0.05) is 5.41 Å². The quantitative estimate of drug-likeness (QED) is 0.564. The van der Waals surface area contributed by atoms with Gasteiger partial charge in [-0.2, -0.15) is 0 Å². The second-order valence-corrected chi connectivity index (χ2v) is 3.70. The lowest BCUT2D eigenvalue weighted by Crippen LogP contribution is -2.30. The summed E-state index contributed by atoms with van der Waals surface area (Å²) in [6, 6.07) is 0. The Morgan fingerprint density at radius 2 is 1.70 bits per heavy atom. The summed E-state index contributed by atoms with van der Waals surface area (Å²) in [5, 5.41) is 0. The zero-order valence-electron chi connectivity index (χ0n) is 6.75. The van der Waals surface area contributed by atoms with Crippen LogP contribution in [-0.4, -0.2) is 5.92 Å². The summed E-state index contributed by atoms with van der Waals surface area (Å²) in [5.74, 6) is -2.35. The van der Waals surface area contributed by atoms with Crippen LogP contribution in [0.4, 0.5) is 8.78 Å². The third kappa shape index (κ3) is 0.938. The maximum absolute atomic E-state index is 12.8. The molecule has 0 saturated heterocycles. The number of alkyl halides is 2. The summed E-state index contributed by atoms with van der Waals surface area (Å²) >= 11 is 0. The maximum atomic E-state index is 12.8. The zero-order chi connectivity index (χ0) is 7.99. The molecule has 0 aromatic heterocycles. The van der Waals surface area contributed by atoms with E-state index in [2.05, 4.69) is 0 Å². The van der Waals surface area contributed by atoms with Crippen LogP contribution in [0.25, 0.3) is 0 Å². The molecule has 1 saturated carbocycles. The van der Waals surface area contributed by atoms with E-state index >= 15 is 0 Å². The van der Waals surface area contributed by atoms with Crippen LogP contribution in [0.1, 0.15) is 33.6 Å². The van der Waals surface area contributed by atoms with E-state index < -0.39 is 11.3 Å². The molecule has 0 amide bonds. The van der Waals surface area contributed by atoms with Crippen molar-refractivity contribution < 1.29 is 8.78 Å². The molecule has 0 unspecified atom stereocenters. The number of halogens is 2. The molecule has 2 heteroatoms. The predicted molar refractivity (Wildman–Crippen MR) is 37.1 cm³/mol. The van der Waals surface area contributed by atoms with E-state index in [1.165, 1.54) is 0 Å². The van der Waals surface area contributed by atoms with Gasteiger partial charge in [0.05, 0.1) is 0 Å². The van der Waals surface area contributed by atoms with Crippen LogP contribution in [-0.2, 0) is 0 Å². The summed E-state index contributed by atoms with van der Waals surface area (Å²) in [4.78, 5) is 0. The van der Waals surface area contributed by atoms with Gasteiger partial charge in [-0.05, 0) is 25.7 Å². The molecule has 0 heterocycles. The van der Waals surface area contributed by atoms with Gasteiger partial charge in [0.1, 0.15) is 0 Å². The Bertz CT molecular complexity index is 129. The molecule has 1 rings (SSSR count). The zero-order valence-corrected chi connectivity index (χ0v) is 6.75. The van der Waals surface area contributed by atoms with Gasteiger partial charge in [0.25, 0.3) is 5.92 Å². The lowest BCUT2D eigenvalue weighted by Gasteiger charge is -2.26. The van der Waals surface area contributed by atoms with Crippen molar-refractivity contribution in [2.75, 3.05) is 0 Å². The molecule has 1 fully saturated rings. The number of hydrogen-bond donors (Lipinski definition) is 0. The SMILES string of the molecule is CC(C)C1(C(C)(F)F)CC1. The molecule has 0 aliphatic heterocycles. The van der Waals surface area contributed by atoms with Gasteiger partial charge in [0.15, 0.2) is 0 Å². The first-order valence-electron chi connectivity index (χ1n) is 3.78. The minimum absolute atomic E-state index is 0.118. The third-order valence-corrected chi connectivity index (χ3v) is 2.77. The first kappa shape index (κ1) is 7.96. The molecule has 0 aromatic rings. The van der Waals surface area contributed by atoms with Crippen LogP contribution in [0.3, 0.4) is 0 Å². The Labute approximate surface area is 60.6 Å². The fraction of sp³-hybridized carbons (Fsp3) is 1.00. The van der Waals surface area contributed by atoms with Crippen molar-refractivity contribution in [2.24, 2.45) is 11.3 Å². The Morgan fingerprint density at radius 1 is 1.30 bits per heavy atom. The van der Waals surface area contributed by atoms with E-state index in [0.29, 0.717) is 12.8 Å². The first-order chi connectivity index (χ1) is 4.40. The van der Waals surface area contributed by atoms with Crippen LogP contribution in [0.5, 0.6) is 0 Å². The van der Waals surface area contributed by atoms with Gasteiger partial charge in [-0.25, -0.2) is 8.78 Å². The minimum Gasteiger partial charge on any atom is -0.207 e. The highest BCUT2D eigenvalue weighted by molar-refractivity contribution is 5.03. The smallest absolute Gasteiger partial charge is 0.207 e. The fourth-order valence-electron chi connectivity index (χ4n) is 1.66. The predicted octanol–water partition coefficient (Wildman–Crippen LogP) is 3.08. The van der Waals surface area contributed by atoms with E-state index in [-0.39, 0.29) is 5.92 Å². The average Bonchev–Trinajstić information content (AvgIpc) is 2.36. The van der Waals surface area contributed by atoms with Crippen molar-refractivity contribution >= 4 is 0 Å². The molecule has 0 N–H and O–H groups in total. The largest absolute Gasteiger partial charge is 0.251 e. The van der Waals surface area contributed by atoms with Crippen LogP contribution in [0.2, 0.25) is 0 Å². The van der Waals surface area contributed by atoms with Gasteiger partial charge < -0.3 is 0 Å². The minimum atomic E-state index is -2.47. The Hall–Kier alpha value is -0.140. The number of hydrogen-bond acceptors (Lipinski definition) is 0. The van der Waals surface area contributed by atoms with Gasteiger partial charge in [0.2, 0.25) is 0 Å². The topological polar surface area (TPSA) is 0 Å². The summed E-state index contributed by atoms with van der Waals surface area (Å²) in [6.45, 7) is 4.80. The maximum Gasteiger partial charge on any atom is 0.251 e. The van der Waals surface area contributed by atoms with Crippen molar-refractivity contribution in [3.8, 4) is 0 Å². The summed E-state index contributed by atoms with van der Waals surface area (Å²) in [5.41, 5.74) is -0.646. The molecule has 1 aliphatic carbocycles. The molecular weight excluding hydrogens is 134 g/mol. The molecule has 60 valence electrons. The standard InChI is InChI=1S/C8H14F2/c1-6(2)8(4-5-8)7(3,9)10/h6H,4-5H2,1-3H3. The second kappa shape index (κ2) is 1.93. The van der Waals surface area contributed by atoms with Crippen LogP contribution >= 0.6 is 0 Å². The van der Waals surface area contributed by atoms with Crippen LogP contribution in [0, 0.1) is 11.3 Å². The van der Waals surface area contributed by atoms with Crippen LogP contribution < -0.4 is 0 Å². The van der Waals surface area contributed by atoms with E-state index in [1.54, 1.807) is 0 Å². The molecule has 1 aliphatic rings. The van der Waals surface area contributed by atoms with Crippen LogP contribution in [0.15, 0.2) is 0 Å². The molecule has 0 radical (unpaired) electrons. The average molecular weight is 148 g/mol. The Morgan fingerprint density at radius 3 is 1.70 bits per heavy atom. The molecule has 0 nitrogen and oxygen atoms in total. The van der Waals surface area contributed by atoms with Crippen molar-refractivity contribution in [3.63, 3.8) is 0 Å². The van der Waals surface area contributed by atoms with E-state index in [4.69, 9.17) is 0 Å². The van der Waals surface area contributed by atoms with E-state index in [1.807, 2.05) is 13.8 Å². The lowest BCUT2D eigenvalue weighted by molar-refractivity contribution is -0.0739. The molecule has 0 atom stereocenters. The van der Waals surface area contributed by atoms with Crippen molar-refractivity contribution in [3.05, 3.63) is 0 Å². The Balaban J connectivity index is 2.70. The van der Waals surface area contributed by atoms with E-state index in [9.17, 15) is 8.78 Å². The van der Waals surface area contributed by atoms with Crippen molar-refractivity contribution in [2.45, 2.75) is 39.5 Å². The highest BCUT2D eigenvalue weighted by Gasteiger charge is 2.60. The monoisotopic (exact) mass is 148 g/mol. The van der Waals surface area contributed by atoms with Gasteiger partial charge >= 0.3 is 0 Å². The highest BCUT2D eigenvalue weighted by atomic mass is 19.3. The van der Waals surface area contributed by atoms with Gasteiger partial charge in [-0.15, -0.1) is 0 Å².